The average molecular weight is 219 g/mol. The van der Waals surface area contributed by atoms with Gasteiger partial charge in [0.15, 0.2) is 6.29 Å². The van der Waals surface area contributed by atoms with Crippen molar-refractivity contribution >= 4 is 6.29 Å². The predicted molar refractivity (Wildman–Crippen MR) is 61.7 cm³/mol. The molecule has 1 fully saturated rings. The fraction of sp³-hybridized carbons (Fsp3) is 0.538. The molecule has 1 heterocycles. The average Bonchev–Trinajstić information content (AvgIpc) is 2.33. The molecule has 0 bridgehead atoms. The van der Waals surface area contributed by atoms with Crippen LogP contribution in [0.5, 0.6) is 5.88 Å². The summed E-state index contributed by atoms with van der Waals surface area (Å²) in [6.07, 6.45) is 7.43. The highest BCUT2D eigenvalue weighted by Gasteiger charge is 2.23. The molecule has 1 aromatic heterocycles. The fourth-order valence-corrected chi connectivity index (χ4v) is 2.19. The normalized spacial score (nSPS) is 25.1. The Morgan fingerprint density at radius 1 is 1.44 bits per heavy atom. The van der Waals surface area contributed by atoms with Gasteiger partial charge in [0.25, 0.3) is 0 Å². The van der Waals surface area contributed by atoms with Gasteiger partial charge in [-0.25, -0.2) is 4.98 Å². The smallest absolute Gasteiger partial charge is 0.224 e. The van der Waals surface area contributed by atoms with Crippen molar-refractivity contribution < 1.29 is 9.53 Å². The molecule has 1 aromatic rings. The summed E-state index contributed by atoms with van der Waals surface area (Å²) >= 11 is 0. The van der Waals surface area contributed by atoms with Crippen molar-refractivity contribution in [3.05, 3.63) is 23.9 Å². The first kappa shape index (κ1) is 11.1. The number of pyridine rings is 1. The summed E-state index contributed by atoms with van der Waals surface area (Å²) in [7, 11) is 0. The zero-order chi connectivity index (χ0) is 11.4. The Hall–Kier alpha value is -1.38. The molecule has 0 aromatic carbocycles. The van der Waals surface area contributed by atoms with E-state index in [4.69, 9.17) is 4.74 Å². The van der Waals surface area contributed by atoms with E-state index in [0.29, 0.717) is 17.4 Å². The lowest BCUT2D eigenvalue weighted by Crippen LogP contribution is -2.28. The molecule has 0 saturated heterocycles. The molecule has 0 radical (unpaired) electrons. The highest BCUT2D eigenvalue weighted by atomic mass is 16.5. The maximum atomic E-state index is 10.8. The molecule has 3 nitrogen and oxygen atoms in total. The van der Waals surface area contributed by atoms with Crippen LogP contribution in [0.25, 0.3) is 0 Å². The second-order valence-corrected chi connectivity index (χ2v) is 4.43. The van der Waals surface area contributed by atoms with Crippen LogP contribution in [0.3, 0.4) is 0 Å². The van der Waals surface area contributed by atoms with Crippen molar-refractivity contribution in [3.63, 3.8) is 0 Å². The van der Waals surface area contributed by atoms with Gasteiger partial charge >= 0.3 is 0 Å². The van der Waals surface area contributed by atoms with Crippen LogP contribution in [-0.2, 0) is 0 Å². The topological polar surface area (TPSA) is 39.2 Å². The third-order valence-corrected chi connectivity index (χ3v) is 3.22. The third-order valence-electron chi connectivity index (χ3n) is 3.22. The number of aromatic nitrogens is 1. The van der Waals surface area contributed by atoms with Crippen molar-refractivity contribution in [2.24, 2.45) is 5.92 Å². The number of aldehydes is 1. The molecule has 2 rings (SSSR count). The molecule has 3 heteroatoms. The molecule has 2 atom stereocenters. The standard InChI is InChI=1S/C13H17NO2/c1-10-5-2-3-7-12(10)16-13-11(9-15)6-4-8-14-13/h4,6,8-10,12H,2-3,5,7H2,1H3. The molecule has 0 amide bonds. The third kappa shape index (κ3) is 2.40. The number of carbonyl (C=O) groups is 1. The van der Waals surface area contributed by atoms with Gasteiger partial charge in [-0.3, -0.25) is 4.79 Å². The quantitative estimate of drug-likeness (QED) is 0.734. The molecule has 1 aliphatic rings. The first-order chi connectivity index (χ1) is 7.81. The number of hydrogen-bond acceptors (Lipinski definition) is 3. The van der Waals surface area contributed by atoms with Gasteiger partial charge in [0.1, 0.15) is 6.10 Å². The summed E-state index contributed by atoms with van der Waals surface area (Å²) in [5.41, 5.74) is 0.542. The van der Waals surface area contributed by atoms with Crippen LogP contribution >= 0.6 is 0 Å². The highest BCUT2D eigenvalue weighted by molar-refractivity contribution is 5.77. The summed E-state index contributed by atoms with van der Waals surface area (Å²) in [4.78, 5) is 15.0. The lowest BCUT2D eigenvalue weighted by Gasteiger charge is -2.29. The van der Waals surface area contributed by atoms with Crippen molar-refractivity contribution in [2.75, 3.05) is 0 Å². The van der Waals surface area contributed by atoms with Crippen LogP contribution < -0.4 is 4.74 Å². The molecule has 1 saturated carbocycles. The van der Waals surface area contributed by atoms with Crippen LogP contribution in [0.1, 0.15) is 43.0 Å². The summed E-state index contributed by atoms with van der Waals surface area (Å²) < 4.78 is 5.85. The van der Waals surface area contributed by atoms with E-state index in [2.05, 4.69) is 11.9 Å². The van der Waals surface area contributed by atoms with E-state index >= 15 is 0 Å². The van der Waals surface area contributed by atoms with Crippen LogP contribution in [0.4, 0.5) is 0 Å². The Bertz CT molecular complexity index is 365. The van der Waals surface area contributed by atoms with Crippen molar-refractivity contribution in [1.29, 1.82) is 0 Å². The first-order valence-corrected chi connectivity index (χ1v) is 5.88. The van der Waals surface area contributed by atoms with Gasteiger partial charge in [-0.15, -0.1) is 0 Å². The summed E-state index contributed by atoms with van der Waals surface area (Å²) in [5.74, 6) is 1.03. The molecule has 0 spiro atoms. The van der Waals surface area contributed by atoms with E-state index in [9.17, 15) is 4.79 Å². The minimum absolute atomic E-state index is 0.211. The highest BCUT2D eigenvalue weighted by Crippen LogP contribution is 2.28. The maximum absolute atomic E-state index is 10.8. The number of rotatable bonds is 3. The molecule has 1 aliphatic carbocycles. The van der Waals surface area contributed by atoms with Crippen LogP contribution in [-0.4, -0.2) is 17.4 Å². The fourth-order valence-electron chi connectivity index (χ4n) is 2.19. The van der Waals surface area contributed by atoms with Crippen LogP contribution in [0.2, 0.25) is 0 Å². The largest absolute Gasteiger partial charge is 0.474 e. The molecular formula is C13H17NO2. The molecule has 86 valence electrons. The Balaban J connectivity index is 2.10. The van der Waals surface area contributed by atoms with Crippen molar-refractivity contribution in [1.82, 2.24) is 4.98 Å². The van der Waals surface area contributed by atoms with Crippen molar-refractivity contribution in [2.45, 2.75) is 38.7 Å². The zero-order valence-electron chi connectivity index (χ0n) is 9.56. The second-order valence-electron chi connectivity index (χ2n) is 4.43. The van der Waals surface area contributed by atoms with E-state index in [-0.39, 0.29) is 6.10 Å². The monoisotopic (exact) mass is 219 g/mol. The molecular weight excluding hydrogens is 202 g/mol. The Labute approximate surface area is 95.8 Å². The van der Waals surface area contributed by atoms with Crippen molar-refractivity contribution in [3.8, 4) is 5.88 Å². The Kier molecular flexibility index (Phi) is 3.54. The van der Waals surface area contributed by atoms with E-state index < -0.39 is 0 Å². The number of hydrogen-bond donors (Lipinski definition) is 0. The number of nitrogens with zero attached hydrogens (tertiary/aromatic N) is 1. The van der Waals surface area contributed by atoms with Gasteiger partial charge in [0, 0.05) is 6.20 Å². The van der Waals surface area contributed by atoms with E-state index in [1.54, 1.807) is 18.3 Å². The molecule has 0 aliphatic heterocycles. The van der Waals surface area contributed by atoms with Gasteiger partial charge in [-0.2, -0.15) is 0 Å². The first-order valence-electron chi connectivity index (χ1n) is 5.88. The Morgan fingerprint density at radius 3 is 3.00 bits per heavy atom. The van der Waals surface area contributed by atoms with Gasteiger partial charge in [0.2, 0.25) is 5.88 Å². The van der Waals surface area contributed by atoms with Crippen LogP contribution in [0, 0.1) is 5.92 Å². The van der Waals surface area contributed by atoms with E-state index in [1.807, 2.05) is 0 Å². The van der Waals surface area contributed by atoms with E-state index in [1.165, 1.54) is 19.3 Å². The van der Waals surface area contributed by atoms with Gasteiger partial charge in [-0.05, 0) is 37.3 Å². The van der Waals surface area contributed by atoms with Gasteiger partial charge in [0.05, 0.1) is 5.56 Å². The summed E-state index contributed by atoms with van der Waals surface area (Å²) in [6, 6.07) is 3.49. The lowest BCUT2D eigenvalue weighted by atomic mass is 9.88. The minimum atomic E-state index is 0.211. The SMILES string of the molecule is CC1CCCCC1Oc1ncccc1C=O. The second kappa shape index (κ2) is 5.10. The molecule has 0 N–H and O–H groups in total. The maximum Gasteiger partial charge on any atom is 0.224 e. The van der Waals surface area contributed by atoms with Crippen LogP contribution in [0.15, 0.2) is 18.3 Å². The molecule has 16 heavy (non-hydrogen) atoms. The Morgan fingerprint density at radius 2 is 2.25 bits per heavy atom. The zero-order valence-corrected chi connectivity index (χ0v) is 9.56. The van der Waals surface area contributed by atoms with Gasteiger partial charge in [-0.1, -0.05) is 13.3 Å². The minimum Gasteiger partial charge on any atom is -0.474 e. The van der Waals surface area contributed by atoms with Gasteiger partial charge < -0.3 is 4.74 Å². The predicted octanol–water partition coefficient (Wildman–Crippen LogP) is 2.85. The summed E-state index contributed by atoms with van der Waals surface area (Å²) in [5, 5.41) is 0. The summed E-state index contributed by atoms with van der Waals surface area (Å²) in [6.45, 7) is 2.20. The number of ether oxygens (including phenoxy) is 1. The lowest BCUT2D eigenvalue weighted by molar-refractivity contribution is 0.0944. The number of carbonyl (C=O) groups excluding carboxylic acids is 1. The van der Waals surface area contributed by atoms with E-state index in [0.717, 1.165) is 12.7 Å². The molecule has 2 unspecified atom stereocenters.